The van der Waals surface area contributed by atoms with Crippen molar-refractivity contribution in [2.75, 3.05) is 13.6 Å². The molecule has 192 valence electrons. The van der Waals surface area contributed by atoms with Crippen LogP contribution in [0.25, 0.3) is 0 Å². The first-order valence-electron chi connectivity index (χ1n) is 14.2. The van der Waals surface area contributed by atoms with Gasteiger partial charge in [0.1, 0.15) is 6.04 Å². The molecule has 34 heavy (non-hydrogen) atoms. The van der Waals surface area contributed by atoms with E-state index in [4.69, 9.17) is 0 Å². The van der Waals surface area contributed by atoms with E-state index in [1.807, 2.05) is 0 Å². The first-order chi connectivity index (χ1) is 16.3. The van der Waals surface area contributed by atoms with Crippen LogP contribution >= 0.6 is 0 Å². The van der Waals surface area contributed by atoms with Crippen molar-refractivity contribution < 1.29 is 17.3 Å². The van der Waals surface area contributed by atoms with Gasteiger partial charge < -0.3 is 17.3 Å². The Morgan fingerprint density at radius 1 is 0.500 bits per heavy atom. The fourth-order valence-electron chi connectivity index (χ4n) is 5.15. The van der Waals surface area contributed by atoms with Crippen LogP contribution in [-0.2, 0) is 0 Å². The Bertz CT molecular complexity index is 632. The van der Waals surface area contributed by atoms with E-state index in [1.54, 1.807) is 4.90 Å². The van der Waals surface area contributed by atoms with E-state index in [0.717, 1.165) is 0 Å². The van der Waals surface area contributed by atoms with E-state index in [9.17, 15) is 0 Å². The maximum atomic E-state index is 2.37. The van der Waals surface area contributed by atoms with Gasteiger partial charge in [0.15, 0.2) is 0 Å². The molecule has 0 heterocycles. The van der Waals surface area contributed by atoms with Crippen molar-refractivity contribution in [3.63, 3.8) is 0 Å². The summed E-state index contributed by atoms with van der Waals surface area (Å²) in [5.74, 6) is 0. The minimum atomic E-state index is 0. The van der Waals surface area contributed by atoms with Crippen LogP contribution in [-0.4, -0.2) is 13.6 Å². The van der Waals surface area contributed by atoms with Gasteiger partial charge in [-0.3, -0.25) is 0 Å². The number of rotatable bonds is 20. The Labute approximate surface area is 218 Å². The van der Waals surface area contributed by atoms with Crippen molar-refractivity contribution in [1.82, 2.24) is 0 Å². The van der Waals surface area contributed by atoms with Crippen molar-refractivity contribution in [2.45, 2.75) is 116 Å². The molecule has 0 saturated carbocycles. The predicted molar refractivity (Wildman–Crippen MR) is 146 cm³/mol. The molecule has 0 bridgehead atoms. The number of hydrogen-bond acceptors (Lipinski definition) is 0. The third-order valence-electron chi connectivity index (χ3n) is 7.18. The highest BCUT2D eigenvalue weighted by molar-refractivity contribution is 5.29. The summed E-state index contributed by atoms with van der Waals surface area (Å²) in [6.07, 6.45) is 22.9. The summed E-state index contributed by atoms with van der Waals surface area (Å²) < 4.78 is 0. The largest absolute Gasteiger partial charge is 1.00 e. The molecular formula is C32H52ClN. The lowest BCUT2D eigenvalue weighted by molar-refractivity contribution is -0.906. The monoisotopic (exact) mass is 485 g/mol. The molecule has 0 spiro atoms. The highest BCUT2D eigenvalue weighted by Crippen LogP contribution is 2.19. The number of halogens is 1. The molecule has 0 radical (unpaired) electrons. The van der Waals surface area contributed by atoms with Crippen molar-refractivity contribution >= 4 is 0 Å². The van der Waals surface area contributed by atoms with Crippen LogP contribution in [0.1, 0.15) is 127 Å². The highest BCUT2D eigenvalue weighted by atomic mass is 35.5. The third-order valence-corrected chi connectivity index (χ3v) is 7.18. The summed E-state index contributed by atoms with van der Waals surface area (Å²) in [5, 5.41) is 0. The molecule has 2 rings (SSSR count). The normalized spacial score (nSPS) is 12.0. The second-order valence-electron chi connectivity index (χ2n) is 10.2. The molecule has 2 aromatic carbocycles. The average molecular weight is 486 g/mol. The topological polar surface area (TPSA) is 4.44 Å². The molecule has 0 amide bonds. The minimum absolute atomic E-state index is 0. The second kappa shape index (κ2) is 21.0. The standard InChI is InChI=1S/C32H51N.ClH/c1-3-4-5-6-7-8-9-10-11-12-13-14-15-16-17-24-29-33(2)32(30-25-20-18-21-26-30)31-27-22-19-23-28-31;/h18-23,25-28,32H,3-17,24,29H2,1-2H3;1H. The number of quaternary nitrogens is 1. The van der Waals surface area contributed by atoms with E-state index >= 15 is 0 Å². The lowest BCUT2D eigenvalue weighted by atomic mass is 9.97. The van der Waals surface area contributed by atoms with Gasteiger partial charge in [-0.1, -0.05) is 157 Å². The molecule has 0 aliphatic rings. The summed E-state index contributed by atoms with van der Waals surface area (Å²) in [5.41, 5.74) is 2.86. The molecule has 1 atom stereocenters. The fourth-order valence-corrected chi connectivity index (χ4v) is 5.15. The van der Waals surface area contributed by atoms with Crippen molar-refractivity contribution in [3.8, 4) is 0 Å². The van der Waals surface area contributed by atoms with Crippen LogP contribution in [0.2, 0.25) is 0 Å². The van der Waals surface area contributed by atoms with Crippen LogP contribution < -0.4 is 17.3 Å². The molecule has 1 nitrogen and oxygen atoms in total. The molecule has 2 heteroatoms. The zero-order valence-electron chi connectivity index (χ0n) is 22.2. The molecule has 0 aliphatic heterocycles. The molecule has 0 saturated heterocycles. The van der Waals surface area contributed by atoms with Gasteiger partial charge >= 0.3 is 0 Å². The van der Waals surface area contributed by atoms with Crippen LogP contribution in [0.3, 0.4) is 0 Å². The van der Waals surface area contributed by atoms with E-state index in [-0.39, 0.29) is 12.4 Å². The van der Waals surface area contributed by atoms with Gasteiger partial charge in [0, 0.05) is 11.1 Å². The minimum Gasteiger partial charge on any atom is -1.00 e. The third kappa shape index (κ3) is 13.5. The SMILES string of the molecule is CCCCCCCCCCCCCCCCCC[NH+](C)C(c1ccccc1)c1ccccc1.[Cl-]. The van der Waals surface area contributed by atoms with Gasteiger partial charge in [0.2, 0.25) is 0 Å². The van der Waals surface area contributed by atoms with Gasteiger partial charge in [-0.2, -0.15) is 0 Å². The molecular weight excluding hydrogens is 434 g/mol. The molecule has 0 aromatic heterocycles. The summed E-state index contributed by atoms with van der Waals surface area (Å²) in [4.78, 5) is 1.61. The quantitative estimate of drug-likeness (QED) is 0.234. The van der Waals surface area contributed by atoms with Crippen LogP contribution in [0.5, 0.6) is 0 Å². The van der Waals surface area contributed by atoms with E-state index in [1.165, 1.54) is 120 Å². The molecule has 0 aliphatic carbocycles. The highest BCUT2D eigenvalue weighted by Gasteiger charge is 2.22. The lowest BCUT2D eigenvalue weighted by Gasteiger charge is -2.26. The van der Waals surface area contributed by atoms with Gasteiger partial charge in [0.05, 0.1) is 13.6 Å². The maximum Gasteiger partial charge on any atom is 0.139 e. The average Bonchev–Trinajstić information content (AvgIpc) is 2.85. The first kappa shape index (κ1) is 30.7. The molecule has 1 unspecified atom stereocenters. The number of unbranched alkanes of at least 4 members (excludes halogenated alkanes) is 15. The first-order valence-corrected chi connectivity index (χ1v) is 14.2. The lowest BCUT2D eigenvalue weighted by Crippen LogP contribution is -3.09. The Kier molecular flexibility index (Phi) is 19.0. The summed E-state index contributed by atoms with van der Waals surface area (Å²) in [6, 6.07) is 22.5. The fraction of sp³-hybridized carbons (Fsp3) is 0.625. The van der Waals surface area contributed by atoms with Crippen molar-refractivity contribution in [2.24, 2.45) is 0 Å². The Hall–Kier alpha value is -1.31. The number of benzene rings is 2. The van der Waals surface area contributed by atoms with Gasteiger partial charge in [-0.15, -0.1) is 0 Å². The Balaban J connectivity index is 0.00000578. The smallest absolute Gasteiger partial charge is 0.139 e. The maximum absolute atomic E-state index is 2.37. The molecule has 2 aromatic rings. The summed E-state index contributed by atoms with van der Waals surface area (Å²) >= 11 is 0. The zero-order chi connectivity index (χ0) is 23.4. The number of hydrogen-bond donors (Lipinski definition) is 1. The van der Waals surface area contributed by atoms with Crippen LogP contribution in [0, 0.1) is 0 Å². The van der Waals surface area contributed by atoms with Crippen molar-refractivity contribution in [1.29, 1.82) is 0 Å². The van der Waals surface area contributed by atoms with Crippen LogP contribution in [0.15, 0.2) is 60.7 Å². The predicted octanol–water partition coefficient (Wildman–Crippen LogP) is 5.56. The van der Waals surface area contributed by atoms with E-state index in [2.05, 4.69) is 74.6 Å². The summed E-state index contributed by atoms with van der Waals surface area (Å²) in [7, 11) is 2.37. The van der Waals surface area contributed by atoms with Gasteiger partial charge in [0.25, 0.3) is 0 Å². The van der Waals surface area contributed by atoms with E-state index in [0.29, 0.717) is 6.04 Å². The van der Waals surface area contributed by atoms with Crippen LogP contribution in [0.4, 0.5) is 0 Å². The second-order valence-corrected chi connectivity index (χ2v) is 10.2. The zero-order valence-corrected chi connectivity index (χ0v) is 23.0. The van der Waals surface area contributed by atoms with Gasteiger partial charge in [-0.05, 0) is 12.8 Å². The van der Waals surface area contributed by atoms with E-state index < -0.39 is 0 Å². The Morgan fingerprint density at radius 3 is 1.18 bits per heavy atom. The van der Waals surface area contributed by atoms with Gasteiger partial charge in [-0.25, -0.2) is 0 Å². The Morgan fingerprint density at radius 2 is 0.824 bits per heavy atom. The van der Waals surface area contributed by atoms with Crippen molar-refractivity contribution in [3.05, 3.63) is 71.8 Å². The molecule has 1 N–H and O–H groups in total. The molecule has 0 fully saturated rings. The number of nitrogens with one attached hydrogen (secondary N) is 1. The summed E-state index contributed by atoms with van der Waals surface area (Å²) in [6.45, 7) is 3.54.